The van der Waals surface area contributed by atoms with Crippen molar-refractivity contribution in [2.45, 2.75) is 0 Å². The maximum absolute atomic E-state index is 4.19. The number of guanidine groups is 2. The van der Waals surface area contributed by atoms with E-state index in [9.17, 15) is 0 Å². The van der Waals surface area contributed by atoms with Crippen LogP contribution in [0.25, 0.3) is 0 Å². The van der Waals surface area contributed by atoms with Crippen LogP contribution in [0.1, 0.15) is 11.1 Å². The first-order valence-electron chi connectivity index (χ1n) is 7.21. The molecule has 1 aromatic rings. The van der Waals surface area contributed by atoms with E-state index in [1.165, 1.54) is 0 Å². The third kappa shape index (κ3) is 4.05. The lowest BCUT2D eigenvalue weighted by molar-refractivity contribution is -0.446. The number of nitrogens with one attached hydrogen (secondary N) is 5. The molecule has 22 heavy (non-hydrogen) atoms. The molecule has 0 saturated heterocycles. The summed E-state index contributed by atoms with van der Waals surface area (Å²) in [4.78, 5) is 7.33. The molecule has 1 aromatic carbocycles. The molecular formula is C14H19N8+. The van der Waals surface area contributed by atoms with Crippen molar-refractivity contribution < 1.29 is 4.99 Å². The fourth-order valence-corrected chi connectivity index (χ4v) is 2.00. The van der Waals surface area contributed by atoms with E-state index in [4.69, 9.17) is 0 Å². The summed E-state index contributed by atoms with van der Waals surface area (Å²) in [6, 6.07) is 7.93. The number of hydrazone groups is 2. The van der Waals surface area contributed by atoms with Crippen molar-refractivity contribution in [2.24, 2.45) is 15.2 Å². The van der Waals surface area contributed by atoms with Gasteiger partial charge in [-0.25, -0.2) is 10.4 Å². The first kappa shape index (κ1) is 14.1. The Kier molecular flexibility index (Phi) is 4.60. The van der Waals surface area contributed by atoms with Gasteiger partial charge in [-0.1, -0.05) is 24.3 Å². The Bertz CT molecular complexity index is 559. The predicted octanol–water partition coefficient (Wildman–Crippen LogP) is -2.47. The van der Waals surface area contributed by atoms with Gasteiger partial charge in [0.25, 0.3) is 0 Å². The van der Waals surface area contributed by atoms with Crippen LogP contribution in [-0.4, -0.2) is 50.5 Å². The van der Waals surface area contributed by atoms with E-state index in [1.54, 1.807) is 12.4 Å². The lowest BCUT2D eigenvalue weighted by Gasteiger charge is -1.99. The van der Waals surface area contributed by atoms with E-state index in [1.807, 2.05) is 24.3 Å². The highest BCUT2D eigenvalue weighted by molar-refractivity contribution is 5.86. The monoisotopic (exact) mass is 299 g/mol. The Morgan fingerprint density at radius 1 is 1.00 bits per heavy atom. The molecule has 0 unspecified atom stereocenters. The highest BCUT2D eigenvalue weighted by Crippen LogP contribution is 1.99. The summed E-state index contributed by atoms with van der Waals surface area (Å²) in [6.45, 7) is 3.50. The van der Waals surface area contributed by atoms with Gasteiger partial charge in [-0.05, 0) is 11.1 Å². The van der Waals surface area contributed by atoms with Gasteiger partial charge in [0.05, 0.1) is 32.1 Å². The van der Waals surface area contributed by atoms with E-state index in [-0.39, 0.29) is 0 Å². The number of hydrogen-bond donors (Lipinski definition) is 5. The number of hydrogen-bond acceptors (Lipinski definition) is 7. The quantitative estimate of drug-likeness (QED) is 0.314. The van der Waals surface area contributed by atoms with Crippen LogP contribution < -0.4 is 26.5 Å². The zero-order valence-corrected chi connectivity index (χ0v) is 12.1. The van der Waals surface area contributed by atoms with Crippen LogP contribution in [0.5, 0.6) is 0 Å². The zero-order chi connectivity index (χ0) is 15.0. The van der Waals surface area contributed by atoms with Gasteiger partial charge >= 0.3 is 5.96 Å². The minimum absolute atomic E-state index is 0.720. The summed E-state index contributed by atoms with van der Waals surface area (Å²) in [6.07, 6.45) is 3.52. The molecule has 114 valence electrons. The van der Waals surface area contributed by atoms with E-state index in [0.29, 0.717) is 0 Å². The number of benzene rings is 1. The molecule has 2 aliphatic rings. The number of rotatable bonds is 4. The van der Waals surface area contributed by atoms with Crippen LogP contribution >= 0.6 is 0 Å². The van der Waals surface area contributed by atoms with Gasteiger partial charge in [0.15, 0.2) is 0 Å². The molecule has 8 nitrogen and oxygen atoms in total. The van der Waals surface area contributed by atoms with Gasteiger partial charge in [-0.2, -0.15) is 10.5 Å². The van der Waals surface area contributed by atoms with Crippen molar-refractivity contribution in [3.63, 3.8) is 0 Å². The molecule has 0 spiro atoms. The normalized spacial score (nSPS) is 17.3. The van der Waals surface area contributed by atoms with Gasteiger partial charge < -0.3 is 5.32 Å². The Morgan fingerprint density at radius 2 is 1.73 bits per heavy atom. The maximum atomic E-state index is 4.19. The predicted molar refractivity (Wildman–Crippen MR) is 87.0 cm³/mol. The average Bonchev–Trinajstić information content (AvgIpc) is 3.22. The lowest BCUT2D eigenvalue weighted by Crippen LogP contribution is -2.73. The van der Waals surface area contributed by atoms with Crippen molar-refractivity contribution >= 4 is 24.3 Å². The van der Waals surface area contributed by atoms with Crippen molar-refractivity contribution in [3.8, 4) is 0 Å². The van der Waals surface area contributed by atoms with Crippen molar-refractivity contribution in [1.82, 2.24) is 21.5 Å². The first-order valence-corrected chi connectivity index (χ1v) is 7.21. The second-order valence-corrected chi connectivity index (χ2v) is 4.79. The first-order chi connectivity index (χ1) is 10.9. The fraction of sp³-hybridized carbons (Fsp3) is 0.286. The lowest BCUT2D eigenvalue weighted by atomic mass is 10.2. The summed E-state index contributed by atoms with van der Waals surface area (Å²) in [7, 11) is 0. The molecule has 3 rings (SSSR count). The molecular weight excluding hydrogens is 280 g/mol. The van der Waals surface area contributed by atoms with Gasteiger partial charge in [-0.3, -0.25) is 10.3 Å². The highest BCUT2D eigenvalue weighted by atomic mass is 15.4. The maximum Gasteiger partial charge on any atom is 0.367 e. The molecule has 0 saturated carbocycles. The van der Waals surface area contributed by atoms with Gasteiger partial charge in [-0.15, -0.1) is 5.10 Å². The molecule has 0 amide bonds. The summed E-state index contributed by atoms with van der Waals surface area (Å²) < 4.78 is 0. The fourth-order valence-electron chi connectivity index (χ4n) is 2.00. The average molecular weight is 299 g/mol. The molecule has 2 aliphatic heterocycles. The van der Waals surface area contributed by atoms with Crippen LogP contribution in [0.2, 0.25) is 0 Å². The van der Waals surface area contributed by atoms with Crippen molar-refractivity contribution in [2.75, 3.05) is 26.2 Å². The summed E-state index contributed by atoms with van der Waals surface area (Å²) >= 11 is 0. The zero-order valence-electron chi connectivity index (χ0n) is 12.1. The van der Waals surface area contributed by atoms with E-state index in [0.717, 1.165) is 49.2 Å². The minimum Gasteiger partial charge on any atom is -0.353 e. The summed E-state index contributed by atoms with van der Waals surface area (Å²) in [5.41, 5.74) is 7.80. The Hall–Kier alpha value is -2.90. The van der Waals surface area contributed by atoms with E-state index in [2.05, 4.69) is 41.7 Å². The Balaban J connectivity index is 1.48. The third-order valence-corrected chi connectivity index (χ3v) is 3.11. The SMILES string of the molecule is C(=N\NC1=NCCN1)/c1ccc(/C=N/NC2=[NH+]CCN2)cc1. The molecule has 2 heterocycles. The van der Waals surface area contributed by atoms with Crippen LogP contribution in [0.3, 0.4) is 0 Å². The van der Waals surface area contributed by atoms with E-state index < -0.39 is 0 Å². The second kappa shape index (κ2) is 7.21. The number of nitrogens with zero attached hydrogens (tertiary/aromatic N) is 3. The van der Waals surface area contributed by atoms with Gasteiger partial charge in [0.1, 0.15) is 0 Å². The Labute approximate surface area is 128 Å². The van der Waals surface area contributed by atoms with Crippen molar-refractivity contribution in [3.05, 3.63) is 35.4 Å². The molecule has 8 heteroatoms. The molecule has 0 aromatic heterocycles. The molecule has 0 atom stereocenters. The third-order valence-electron chi connectivity index (χ3n) is 3.11. The topological polar surface area (TPSA) is 99.2 Å². The smallest absolute Gasteiger partial charge is 0.353 e. The highest BCUT2D eigenvalue weighted by Gasteiger charge is 2.08. The molecule has 0 aliphatic carbocycles. The standard InChI is InChI=1S/C14H18N8/c1-2-12(10-20-22-14-17-7-8-18-14)4-3-11(1)9-19-21-13-15-5-6-16-13/h1-4,9-10H,5-8H2,(H2,15,16,21)(H2,17,18,22)/p+1/b19-9+,20-10+. The van der Waals surface area contributed by atoms with Gasteiger partial charge in [0.2, 0.25) is 5.96 Å². The molecule has 0 bridgehead atoms. The van der Waals surface area contributed by atoms with Crippen molar-refractivity contribution in [1.29, 1.82) is 0 Å². The molecule has 0 fully saturated rings. The van der Waals surface area contributed by atoms with Crippen LogP contribution in [0.4, 0.5) is 0 Å². The second-order valence-electron chi connectivity index (χ2n) is 4.79. The van der Waals surface area contributed by atoms with Crippen LogP contribution in [-0.2, 0) is 0 Å². The van der Waals surface area contributed by atoms with Crippen LogP contribution in [0, 0.1) is 0 Å². The van der Waals surface area contributed by atoms with E-state index >= 15 is 0 Å². The summed E-state index contributed by atoms with van der Waals surface area (Å²) in [5, 5.41) is 14.5. The summed E-state index contributed by atoms with van der Waals surface area (Å²) in [5.74, 6) is 1.56. The van der Waals surface area contributed by atoms with Gasteiger partial charge in [0, 0.05) is 6.54 Å². The van der Waals surface area contributed by atoms with Crippen LogP contribution in [0.15, 0.2) is 39.5 Å². The molecule has 5 N–H and O–H groups in total. The largest absolute Gasteiger partial charge is 0.367 e. The molecule has 0 radical (unpaired) electrons. The Morgan fingerprint density at radius 3 is 2.32 bits per heavy atom. The minimum atomic E-state index is 0.720. The number of aliphatic imine (C=N–C) groups is 1.